The van der Waals surface area contributed by atoms with Crippen LogP contribution in [0.1, 0.15) is 38.3 Å². The van der Waals surface area contributed by atoms with Gasteiger partial charge in [0.25, 0.3) is 5.91 Å². The summed E-state index contributed by atoms with van der Waals surface area (Å²) in [5.41, 5.74) is 2.30. The van der Waals surface area contributed by atoms with E-state index in [0.717, 1.165) is 12.8 Å². The van der Waals surface area contributed by atoms with Gasteiger partial charge in [0.15, 0.2) is 13.2 Å². The van der Waals surface area contributed by atoms with Crippen LogP contribution in [-0.2, 0) is 27.2 Å². The number of carbonyl (C=O) groups is 2. The summed E-state index contributed by atoms with van der Waals surface area (Å²) in [5, 5.41) is 2.72. The van der Waals surface area contributed by atoms with Gasteiger partial charge in [-0.1, -0.05) is 6.07 Å². The molecule has 0 atom stereocenters. The van der Waals surface area contributed by atoms with E-state index < -0.39 is 5.97 Å². The lowest BCUT2D eigenvalue weighted by atomic mass is 10.1. The molecule has 1 aromatic rings. The van der Waals surface area contributed by atoms with Gasteiger partial charge in [-0.05, 0) is 63.3 Å². The zero-order chi connectivity index (χ0) is 16.2. The number of carbonyl (C=O) groups excluding carboxylic acids is 2. The number of hydrogen-bond acceptors (Lipinski definition) is 4. The third kappa shape index (κ3) is 5.06. The fourth-order valence-corrected chi connectivity index (χ4v) is 2.42. The molecule has 0 fully saturated rings. The van der Waals surface area contributed by atoms with Crippen LogP contribution in [0.4, 0.5) is 0 Å². The van der Waals surface area contributed by atoms with Gasteiger partial charge in [0.2, 0.25) is 0 Å². The maximum absolute atomic E-state index is 11.6. The summed E-state index contributed by atoms with van der Waals surface area (Å²) in [6.07, 6.45) is 3.34. The fraction of sp³-hybridized carbons (Fsp3) is 0.529. The molecule has 2 rings (SSSR count). The van der Waals surface area contributed by atoms with Crippen molar-refractivity contribution in [3.63, 3.8) is 0 Å². The highest BCUT2D eigenvalue weighted by molar-refractivity contribution is 5.81. The molecule has 1 N–H and O–H groups in total. The van der Waals surface area contributed by atoms with Crippen LogP contribution in [-0.4, -0.2) is 30.6 Å². The van der Waals surface area contributed by atoms with Gasteiger partial charge in [0.05, 0.1) is 0 Å². The molecule has 120 valence electrons. The van der Waals surface area contributed by atoms with Gasteiger partial charge in [-0.3, -0.25) is 4.79 Å². The van der Waals surface area contributed by atoms with Crippen molar-refractivity contribution in [2.24, 2.45) is 0 Å². The molecule has 5 heteroatoms. The predicted molar refractivity (Wildman–Crippen MR) is 82.8 cm³/mol. The van der Waals surface area contributed by atoms with E-state index in [-0.39, 0.29) is 24.7 Å². The summed E-state index contributed by atoms with van der Waals surface area (Å²) in [7, 11) is 0. The lowest BCUT2D eigenvalue weighted by Crippen LogP contribution is -2.43. The molecule has 0 saturated carbocycles. The highest BCUT2D eigenvalue weighted by Gasteiger charge is 2.16. The van der Waals surface area contributed by atoms with Crippen LogP contribution < -0.4 is 10.1 Å². The number of nitrogens with one attached hydrogen (secondary N) is 1. The van der Waals surface area contributed by atoms with Gasteiger partial charge >= 0.3 is 5.97 Å². The van der Waals surface area contributed by atoms with Crippen LogP contribution in [0, 0.1) is 0 Å². The summed E-state index contributed by atoms with van der Waals surface area (Å²) in [6, 6.07) is 5.88. The monoisotopic (exact) mass is 305 g/mol. The molecule has 0 unspecified atom stereocenters. The predicted octanol–water partition coefficient (Wildman–Crippen LogP) is 2.01. The highest BCUT2D eigenvalue weighted by atomic mass is 16.6. The topological polar surface area (TPSA) is 64.6 Å². The number of ether oxygens (including phenoxy) is 2. The Morgan fingerprint density at radius 1 is 1.14 bits per heavy atom. The fourth-order valence-electron chi connectivity index (χ4n) is 2.42. The zero-order valence-corrected chi connectivity index (χ0v) is 13.4. The molecular weight excluding hydrogens is 282 g/mol. The van der Waals surface area contributed by atoms with E-state index in [9.17, 15) is 9.59 Å². The maximum Gasteiger partial charge on any atom is 0.344 e. The molecule has 1 aliphatic rings. The van der Waals surface area contributed by atoms with Crippen LogP contribution in [0.5, 0.6) is 5.75 Å². The van der Waals surface area contributed by atoms with E-state index in [1.807, 2.05) is 39.0 Å². The third-order valence-corrected chi connectivity index (χ3v) is 3.31. The van der Waals surface area contributed by atoms with Gasteiger partial charge in [-0.15, -0.1) is 0 Å². The molecule has 0 heterocycles. The number of fused-ring (bicyclic) bond motifs is 1. The second-order valence-electron chi connectivity index (χ2n) is 6.53. The number of amides is 1. The summed E-state index contributed by atoms with van der Waals surface area (Å²) in [6.45, 7) is 5.11. The molecule has 0 radical (unpaired) electrons. The normalized spacial score (nSPS) is 13.4. The molecular formula is C17H23NO4. The Hall–Kier alpha value is -2.04. The summed E-state index contributed by atoms with van der Waals surface area (Å²) < 4.78 is 10.3. The molecule has 22 heavy (non-hydrogen) atoms. The van der Waals surface area contributed by atoms with Gasteiger partial charge in [-0.25, -0.2) is 4.79 Å². The standard InChI is InChI=1S/C17H23NO4/c1-17(2,3)18-15(19)10-22-16(20)11-21-14-8-7-12-5-4-6-13(12)9-14/h7-9H,4-6,10-11H2,1-3H3,(H,18,19). The first kappa shape index (κ1) is 16.3. The highest BCUT2D eigenvalue weighted by Crippen LogP contribution is 2.25. The second-order valence-corrected chi connectivity index (χ2v) is 6.53. The smallest absolute Gasteiger partial charge is 0.344 e. The van der Waals surface area contributed by atoms with Crippen molar-refractivity contribution in [2.75, 3.05) is 13.2 Å². The SMILES string of the molecule is CC(C)(C)NC(=O)COC(=O)COc1ccc2c(c1)CCC2. The Labute approximate surface area is 131 Å². The first-order valence-corrected chi connectivity index (χ1v) is 7.55. The number of esters is 1. The minimum Gasteiger partial charge on any atom is -0.482 e. The zero-order valence-electron chi connectivity index (χ0n) is 13.4. The Morgan fingerprint density at radius 2 is 1.86 bits per heavy atom. The lowest BCUT2D eigenvalue weighted by Gasteiger charge is -2.20. The van der Waals surface area contributed by atoms with Crippen molar-refractivity contribution in [3.05, 3.63) is 29.3 Å². The Kier molecular flexibility index (Phi) is 5.06. The largest absolute Gasteiger partial charge is 0.482 e. The van der Waals surface area contributed by atoms with E-state index in [1.165, 1.54) is 17.5 Å². The number of hydrogen-bond donors (Lipinski definition) is 1. The second kappa shape index (κ2) is 6.81. The molecule has 5 nitrogen and oxygen atoms in total. The minimum atomic E-state index is -0.551. The van der Waals surface area contributed by atoms with E-state index in [0.29, 0.717) is 5.75 Å². The van der Waals surface area contributed by atoms with Crippen LogP contribution in [0.3, 0.4) is 0 Å². The van der Waals surface area contributed by atoms with Gasteiger partial charge < -0.3 is 14.8 Å². The van der Waals surface area contributed by atoms with Crippen LogP contribution >= 0.6 is 0 Å². The van der Waals surface area contributed by atoms with E-state index in [4.69, 9.17) is 9.47 Å². The van der Waals surface area contributed by atoms with Crippen molar-refractivity contribution in [2.45, 2.75) is 45.6 Å². The Bertz CT molecular complexity index is 560. The van der Waals surface area contributed by atoms with E-state index in [1.54, 1.807) is 0 Å². The van der Waals surface area contributed by atoms with Crippen molar-refractivity contribution in [1.82, 2.24) is 5.32 Å². The van der Waals surface area contributed by atoms with Crippen molar-refractivity contribution >= 4 is 11.9 Å². The van der Waals surface area contributed by atoms with Crippen LogP contribution in [0.2, 0.25) is 0 Å². The average molecular weight is 305 g/mol. The maximum atomic E-state index is 11.6. The van der Waals surface area contributed by atoms with Crippen LogP contribution in [0.25, 0.3) is 0 Å². The molecule has 0 aromatic heterocycles. The van der Waals surface area contributed by atoms with E-state index >= 15 is 0 Å². The van der Waals surface area contributed by atoms with Gasteiger partial charge in [0.1, 0.15) is 5.75 Å². The van der Waals surface area contributed by atoms with Crippen molar-refractivity contribution in [3.8, 4) is 5.75 Å². The molecule has 1 aromatic carbocycles. The molecule has 1 amide bonds. The number of aryl methyl sites for hydroxylation is 2. The number of benzene rings is 1. The quantitative estimate of drug-likeness (QED) is 0.845. The van der Waals surface area contributed by atoms with Gasteiger partial charge in [0, 0.05) is 5.54 Å². The Balaban J connectivity index is 1.73. The molecule has 0 saturated heterocycles. The van der Waals surface area contributed by atoms with E-state index in [2.05, 4.69) is 5.32 Å². The average Bonchev–Trinajstić information content (AvgIpc) is 2.88. The Morgan fingerprint density at radius 3 is 2.59 bits per heavy atom. The summed E-state index contributed by atoms with van der Waals surface area (Å²) in [5.74, 6) is -0.209. The molecule has 0 spiro atoms. The molecule has 0 aliphatic heterocycles. The van der Waals surface area contributed by atoms with Crippen LogP contribution in [0.15, 0.2) is 18.2 Å². The summed E-state index contributed by atoms with van der Waals surface area (Å²) in [4.78, 5) is 23.1. The van der Waals surface area contributed by atoms with Crippen molar-refractivity contribution < 1.29 is 19.1 Å². The van der Waals surface area contributed by atoms with Gasteiger partial charge in [-0.2, -0.15) is 0 Å². The lowest BCUT2D eigenvalue weighted by molar-refractivity contribution is -0.150. The third-order valence-electron chi connectivity index (χ3n) is 3.31. The van der Waals surface area contributed by atoms with Crippen molar-refractivity contribution in [1.29, 1.82) is 0 Å². The number of rotatable bonds is 5. The molecule has 0 bridgehead atoms. The summed E-state index contributed by atoms with van der Waals surface area (Å²) >= 11 is 0. The molecule has 1 aliphatic carbocycles. The first-order chi connectivity index (χ1) is 10.3. The minimum absolute atomic E-state index is 0.193. The first-order valence-electron chi connectivity index (χ1n) is 7.55.